The van der Waals surface area contributed by atoms with E-state index >= 15 is 0 Å². The molecule has 2 amide bonds. The van der Waals surface area contributed by atoms with Gasteiger partial charge in [0.05, 0.1) is 11.3 Å². The molecule has 3 rings (SSSR count). The van der Waals surface area contributed by atoms with Crippen molar-refractivity contribution in [3.63, 3.8) is 0 Å². The van der Waals surface area contributed by atoms with E-state index < -0.39 is 39.9 Å². The number of hydrogen-bond donors (Lipinski definition) is 3. The maximum atomic E-state index is 13.2. The molecule has 3 N–H and O–H groups in total. The summed E-state index contributed by atoms with van der Waals surface area (Å²) in [5, 5.41) is 14.1. The quantitative estimate of drug-likeness (QED) is 0.465. The summed E-state index contributed by atoms with van der Waals surface area (Å²) in [6, 6.07) is 13.6. The minimum atomic E-state index is -3.88. The number of carboxylic acids is 1. The Morgan fingerprint density at radius 3 is 2.41 bits per heavy atom. The van der Waals surface area contributed by atoms with E-state index in [1.165, 1.54) is 16.4 Å². The van der Waals surface area contributed by atoms with Crippen LogP contribution < -0.4 is 10.6 Å². The molecule has 2 aromatic carbocycles. The molecule has 2 aromatic rings. The number of carboxylic acid groups (broad SMARTS) is 1. The third kappa shape index (κ3) is 6.42. The lowest BCUT2D eigenvalue weighted by molar-refractivity contribution is -0.137. The number of aliphatic carboxylic acids is 1. The van der Waals surface area contributed by atoms with Crippen molar-refractivity contribution in [2.45, 2.75) is 49.6 Å². The smallest absolute Gasteiger partial charge is 0.305 e. The SMILES string of the molecule is Cc1ccc(S(=O)(=O)N2CCC[C@H]2C(=O)N[C@@H](Cc2ccccc2)C(=O)NCCC(=O)O)cc1. The van der Waals surface area contributed by atoms with E-state index in [0.29, 0.717) is 12.8 Å². The fourth-order valence-electron chi connectivity index (χ4n) is 3.88. The number of nitrogens with zero attached hydrogens (tertiary/aromatic N) is 1. The van der Waals surface area contributed by atoms with E-state index in [9.17, 15) is 22.8 Å². The fraction of sp³-hybridized carbons (Fsp3) is 0.375. The molecule has 0 aromatic heterocycles. The normalized spacial score (nSPS) is 17.1. The molecule has 0 spiro atoms. The summed E-state index contributed by atoms with van der Waals surface area (Å²) < 4.78 is 27.6. The molecule has 0 bridgehead atoms. The van der Waals surface area contributed by atoms with Crippen LogP contribution in [-0.2, 0) is 30.8 Å². The van der Waals surface area contributed by atoms with Crippen LogP contribution in [0.4, 0.5) is 0 Å². The minimum absolute atomic E-state index is 0.0767. The molecular weight excluding hydrogens is 458 g/mol. The topological polar surface area (TPSA) is 133 Å². The van der Waals surface area contributed by atoms with Gasteiger partial charge < -0.3 is 15.7 Å². The Bertz CT molecular complexity index is 1120. The minimum Gasteiger partial charge on any atom is -0.481 e. The van der Waals surface area contributed by atoms with Crippen LogP contribution in [0, 0.1) is 6.92 Å². The number of benzene rings is 2. The largest absolute Gasteiger partial charge is 0.481 e. The Kier molecular flexibility index (Phi) is 8.41. The number of carbonyl (C=O) groups is 3. The Morgan fingerprint density at radius 1 is 1.09 bits per heavy atom. The summed E-state index contributed by atoms with van der Waals surface area (Å²) in [7, 11) is -3.88. The average Bonchev–Trinajstić information content (AvgIpc) is 3.30. The molecular formula is C24H29N3O6S. The van der Waals surface area contributed by atoms with Crippen molar-refractivity contribution in [1.82, 2.24) is 14.9 Å². The van der Waals surface area contributed by atoms with Crippen LogP contribution in [0.25, 0.3) is 0 Å². The van der Waals surface area contributed by atoms with Crippen LogP contribution in [0.2, 0.25) is 0 Å². The van der Waals surface area contributed by atoms with E-state index in [1.807, 2.05) is 37.3 Å². The van der Waals surface area contributed by atoms with Crippen molar-refractivity contribution in [3.05, 3.63) is 65.7 Å². The molecule has 10 heteroatoms. The fourth-order valence-corrected chi connectivity index (χ4v) is 5.53. The molecule has 182 valence electrons. The Hall–Kier alpha value is -3.24. The van der Waals surface area contributed by atoms with E-state index in [-0.39, 0.29) is 30.8 Å². The first-order valence-corrected chi connectivity index (χ1v) is 12.5. The number of nitrogens with one attached hydrogen (secondary N) is 2. The Balaban J connectivity index is 1.76. The summed E-state index contributed by atoms with van der Waals surface area (Å²) in [4.78, 5) is 36.8. The zero-order chi connectivity index (χ0) is 24.7. The highest BCUT2D eigenvalue weighted by Crippen LogP contribution is 2.26. The molecule has 0 unspecified atom stereocenters. The maximum Gasteiger partial charge on any atom is 0.305 e. The van der Waals surface area contributed by atoms with Gasteiger partial charge in [-0.05, 0) is 37.5 Å². The predicted molar refractivity (Wildman–Crippen MR) is 125 cm³/mol. The van der Waals surface area contributed by atoms with E-state index in [0.717, 1.165) is 11.1 Å². The van der Waals surface area contributed by atoms with Gasteiger partial charge in [0, 0.05) is 19.5 Å². The highest BCUT2D eigenvalue weighted by molar-refractivity contribution is 7.89. The molecule has 2 atom stereocenters. The first kappa shape index (κ1) is 25.4. The molecule has 0 saturated carbocycles. The summed E-state index contributed by atoms with van der Waals surface area (Å²) in [5.41, 5.74) is 1.73. The van der Waals surface area contributed by atoms with E-state index in [4.69, 9.17) is 5.11 Å². The van der Waals surface area contributed by atoms with Crippen LogP contribution >= 0.6 is 0 Å². The predicted octanol–water partition coefficient (Wildman–Crippen LogP) is 1.47. The summed E-state index contributed by atoms with van der Waals surface area (Å²) in [5.74, 6) is -2.13. The molecule has 1 heterocycles. The highest BCUT2D eigenvalue weighted by atomic mass is 32.2. The molecule has 9 nitrogen and oxygen atoms in total. The summed E-state index contributed by atoms with van der Waals surface area (Å²) in [6.07, 6.45) is 0.804. The van der Waals surface area contributed by atoms with Crippen molar-refractivity contribution in [1.29, 1.82) is 0 Å². The first-order valence-electron chi connectivity index (χ1n) is 11.1. The molecule has 34 heavy (non-hydrogen) atoms. The second kappa shape index (κ2) is 11.3. The molecule has 1 aliphatic heterocycles. The molecule has 1 fully saturated rings. The average molecular weight is 488 g/mol. The van der Waals surface area contributed by atoms with Gasteiger partial charge in [0.1, 0.15) is 12.1 Å². The Morgan fingerprint density at radius 2 is 1.76 bits per heavy atom. The van der Waals surface area contributed by atoms with Gasteiger partial charge in [0.25, 0.3) is 0 Å². The van der Waals surface area contributed by atoms with Crippen LogP contribution in [0.1, 0.15) is 30.4 Å². The number of rotatable bonds is 10. The van der Waals surface area contributed by atoms with E-state index in [2.05, 4.69) is 10.6 Å². The number of sulfonamides is 1. The Labute approximate surface area is 199 Å². The van der Waals surface area contributed by atoms with Gasteiger partial charge in [-0.2, -0.15) is 4.31 Å². The van der Waals surface area contributed by atoms with Crippen molar-refractivity contribution in [3.8, 4) is 0 Å². The van der Waals surface area contributed by atoms with Gasteiger partial charge in [-0.1, -0.05) is 48.0 Å². The second-order valence-electron chi connectivity index (χ2n) is 8.27. The van der Waals surface area contributed by atoms with Crippen LogP contribution in [0.15, 0.2) is 59.5 Å². The van der Waals surface area contributed by atoms with Crippen molar-refractivity contribution < 1.29 is 27.9 Å². The monoisotopic (exact) mass is 487 g/mol. The third-order valence-corrected chi connectivity index (χ3v) is 7.61. The zero-order valence-corrected chi connectivity index (χ0v) is 19.8. The number of carbonyl (C=O) groups excluding carboxylic acids is 2. The van der Waals surface area contributed by atoms with Crippen molar-refractivity contribution in [2.24, 2.45) is 0 Å². The van der Waals surface area contributed by atoms with Crippen molar-refractivity contribution >= 4 is 27.8 Å². The van der Waals surface area contributed by atoms with Crippen LogP contribution in [0.5, 0.6) is 0 Å². The van der Waals surface area contributed by atoms with Gasteiger partial charge in [-0.15, -0.1) is 0 Å². The van der Waals surface area contributed by atoms with Crippen LogP contribution in [-0.4, -0.2) is 60.8 Å². The van der Waals surface area contributed by atoms with Gasteiger partial charge in [0.15, 0.2) is 0 Å². The lowest BCUT2D eigenvalue weighted by Crippen LogP contribution is -2.54. The second-order valence-corrected chi connectivity index (χ2v) is 10.2. The summed E-state index contributed by atoms with van der Waals surface area (Å²) in [6.45, 7) is 1.99. The molecule has 1 saturated heterocycles. The van der Waals surface area contributed by atoms with Gasteiger partial charge in [0.2, 0.25) is 21.8 Å². The first-order chi connectivity index (χ1) is 16.2. The standard InChI is InChI=1S/C24H29N3O6S/c1-17-9-11-19(12-10-17)34(32,33)27-15-5-8-21(27)24(31)26-20(16-18-6-3-2-4-7-18)23(30)25-14-13-22(28)29/h2-4,6-7,9-12,20-21H,5,8,13-16H2,1H3,(H,25,30)(H,26,31)(H,28,29)/t20-,21-/m0/s1. The maximum absolute atomic E-state index is 13.2. The molecule has 0 aliphatic carbocycles. The van der Waals surface area contributed by atoms with Gasteiger partial charge in [-0.25, -0.2) is 8.42 Å². The number of hydrogen-bond acceptors (Lipinski definition) is 5. The number of amides is 2. The third-order valence-electron chi connectivity index (χ3n) is 5.69. The number of aryl methyl sites for hydroxylation is 1. The lowest BCUT2D eigenvalue weighted by atomic mass is 10.0. The van der Waals surface area contributed by atoms with Gasteiger partial charge in [-0.3, -0.25) is 14.4 Å². The van der Waals surface area contributed by atoms with Gasteiger partial charge >= 0.3 is 5.97 Å². The van der Waals surface area contributed by atoms with Crippen LogP contribution in [0.3, 0.4) is 0 Å². The van der Waals surface area contributed by atoms with Crippen molar-refractivity contribution in [2.75, 3.05) is 13.1 Å². The zero-order valence-electron chi connectivity index (χ0n) is 18.9. The van der Waals surface area contributed by atoms with E-state index in [1.54, 1.807) is 12.1 Å². The summed E-state index contributed by atoms with van der Waals surface area (Å²) >= 11 is 0. The lowest BCUT2D eigenvalue weighted by Gasteiger charge is -2.26. The molecule has 0 radical (unpaired) electrons. The molecule has 1 aliphatic rings. The highest BCUT2D eigenvalue weighted by Gasteiger charge is 2.40.